The fourth-order valence-corrected chi connectivity index (χ4v) is 1.16. The molecular formula is C9H10O2. The maximum atomic E-state index is 11.5. The van der Waals surface area contributed by atoms with E-state index >= 15 is 0 Å². The van der Waals surface area contributed by atoms with Crippen LogP contribution in [0.5, 0.6) is 0 Å². The van der Waals surface area contributed by atoms with E-state index in [0.29, 0.717) is 5.56 Å². The molecule has 1 aliphatic rings. The first kappa shape index (κ1) is 6.65. The molecule has 0 aromatic carbocycles. The van der Waals surface area contributed by atoms with Gasteiger partial charge in [0.25, 0.3) is 0 Å². The second-order valence-electron chi connectivity index (χ2n) is 3.40. The van der Waals surface area contributed by atoms with E-state index in [9.17, 15) is 4.79 Å². The van der Waals surface area contributed by atoms with Gasteiger partial charge in [-0.15, -0.1) is 0 Å². The Hall–Kier alpha value is -1.05. The Kier molecular flexibility index (Phi) is 1.19. The summed E-state index contributed by atoms with van der Waals surface area (Å²) in [6, 6.07) is 1.73. The SMILES string of the molecule is CC1(C(=O)c2ccoc2)CC1. The van der Waals surface area contributed by atoms with Crippen molar-refractivity contribution in [3.8, 4) is 0 Å². The van der Waals surface area contributed by atoms with Crippen LogP contribution in [0.2, 0.25) is 0 Å². The van der Waals surface area contributed by atoms with E-state index in [1.807, 2.05) is 6.92 Å². The van der Waals surface area contributed by atoms with Crippen LogP contribution in [0.25, 0.3) is 0 Å². The summed E-state index contributed by atoms with van der Waals surface area (Å²) < 4.78 is 4.84. The average Bonchev–Trinajstić information content (AvgIpc) is 2.54. The number of hydrogen-bond acceptors (Lipinski definition) is 2. The third-order valence-electron chi connectivity index (χ3n) is 2.33. The minimum absolute atomic E-state index is 0.0656. The third-order valence-corrected chi connectivity index (χ3v) is 2.33. The molecule has 0 atom stereocenters. The van der Waals surface area contributed by atoms with Gasteiger partial charge in [0.1, 0.15) is 6.26 Å². The summed E-state index contributed by atoms with van der Waals surface area (Å²) in [5.74, 6) is 0.228. The van der Waals surface area contributed by atoms with Gasteiger partial charge < -0.3 is 4.42 Å². The normalized spacial score (nSPS) is 19.7. The van der Waals surface area contributed by atoms with Crippen LogP contribution in [0, 0.1) is 5.41 Å². The van der Waals surface area contributed by atoms with Crippen LogP contribution in [0.3, 0.4) is 0 Å². The number of furan rings is 1. The molecule has 0 N–H and O–H groups in total. The standard InChI is InChI=1S/C9H10O2/c1-9(3-4-9)8(10)7-2-5-11-6-7/h2,5-6H,3-4H2,1H3. The van der Waals surface area contributed by atoms with Crippen molar-refractivity contribution in [3.05, 3.63) is 24.2 Å². The fourth-order valence-electron chi connectivity index (χ4n) is 1.16. The minimum Gasteiger partial charge on any atom is -0.472 e. The van der Waals surface area contributed by atoms with E-state index in [0.717, 1.165) is 12.8 Å². The molecule has 2 heteroatoms. The lowest BCUT2D eigenvalue weighted by molar-refractivity contribution is 0.0912. The van der Waals surface area contributed by atoms with Gasteiger partial charge in [-0.1, -0.05) is 6.92 Å². The van der Waals surface area contributed by atoms with Crippen molar-refractivity contribution in [1.82, 2.24) is 0 Å². The molecule has 58 valence electrons. The minimum atomic E-state index is -0.0656. The Morgan fingerprint density at radius 1 is 1.64 bits per heavy atom. The van der Waals surface area contributed by atoms with E-state index in [1.54, 1.807) is 12.3 Å². The molecule has 2 rings (SSSR count). The number of Topliss-reactive ketones (excluding diaryl/α,β-unsaturated/α-hetero) is 1. The maximum Gasteiger partial charge on any atom is 0.171 e. The Morgan fingerprint density at radius 3 is 2.82 bits per heavy atom. The van der Waals surface area contributed by atoms with Crippen molar-refractivity contribution < 1.29 is 9.21 Å². The molecular weight excluding hydrogens is 140 g/mol. The molecule has 1 fully saturated rings. The number of hydrogen-bond donors (Lipinski definition) is 0. The Balaban J connectivity index is 2.24. The molecule has 0 radical (unpaired) electrons. The zero-order valence-electron chi connectivity index (χ0n) is 6.46. The molecule has 2 nitrogen and oxygen atoms in total. The summed E-state index contributed by atoms with van der Waals surface area (Å²) in [5.41, 5.74) is 0.647. The Morgan fingerprint density at radius 2 is 2.36 bits per heavy atom. The molecule has 0 spiro atoms. The van der Waals surface area contributed by atoms with Gasteiger partial charge in [-0.05, 0) is 18.9 Å². The van der Waals surface area contributed by atoms with Crippen molar-refractivity contribution in [2.75, 3.05) is 0 Å². The molecule has 1 heterocycles. The summed E-state index contributed by atoms with van der Waals surface area (Å²) in [6.07, 6.45) is 5.11. The van der Waals surface area contributed by atoms with Crippen molar-refractivity contribution in [2.24, 2.45) is 5.41 Å². The molecule has 1 aromatic rings. The van der Waals surface area contributed by atoms with Crippen LogP contribution < -0.4 is 0 Å². The Bertz CT molecular complexity index is 268. The number of rotatable bonds is 2. The zero-order chi connectivity index (χ0) is 7.90. The van der Waals surface area contributed by atoms with Crippen LogP contribution in [-0.2, 0) is 0 Å². The van der Waals surface area contributed by atoms with Gasteiger partial charge in [0.05, 0.1) is 11.8 Å². The van der Waals surface area contributed by atoms with Crippen LogP contribution in [0.15, 0.2) is 23.0 Å². The van der Waals surface area contributed by atoms with Crippen LogP contribution >= 0.6 is 0 Å². The van der Waals surface area contributed by atoms with E-state index in [1.165, 1.54) is 6.26 Å². The first-order valence-corrected chi connectivity index (χ1v) is 3.79. The monoisotopic (exact) mass is 150 g/mol. The van der Waals surface area contributed by atoms with Crippen LogP contribution in [0.4, 0.5) is 0 Å². The average molecular weight is 150 g/mol. The molecule has 1 aliphatic carbocycles. The summed E-state index contributed by atoms with van der Waals surface area (Å²) in [7, 11) is 0. The van der Waals surface area contributed by atoms with Crippen molar-refractivity contribution >= 4 is 5.78 Å². The highest BCUT2D eigenvalue weighted by Crippen LogP contribution is 2.47. The number of ketones is 1. The quantitative estimate of drug-likeness (QED) is 0.605. The van der Waals surface area contributed by atoms with Gasteiger partial charge in [0.2, 0.25) is 0 Å². The lowest BCUT2D eigenvalue weighted by Gasteiger charge is -2.02. The number of carbonyl (C=O) groups excluding carboxylic acids is 1. The summed E-state index contributed by atoms with van der Waals surface area (Å²) in [5, 5.41) is 0. The molecule has 0 amide bonds. The highest BCUT2D eigenvalue weighted by atomic mass is 16.3. The Labute approximate surface area is 65.2 Å². The largest absolute Gasteiger partial charge is 0.472 e. The van der Waals surface area contributed by atoms with E-state index in [2.05, 4.69) is 0 Å². The summed E-state index contributed by atoms with van der Waals surface area (Å²) >= 11 is 0. The van der Waals surface area contributed by atoms with Gasteiger partial charge in [0, 0.05) is 5.41 Å². The molecule has 1 aromatic heterocycles. The van der Waals surface area contributed by atoms with Crippen LogP contribution in [-0.4, -0.2) is 5.78 Å². The predicted molar refractivity (Wildman–Crippen MR) is 40.4 cm³/mol. The second-order valence-corrected chi connectivity index (χ2v) is 3.40. The smallest absolute Gasteiger partial charge is 0.171 e. The zero-order valence-corrected chi connectivity index (χ0v) is 6.46. The summed E-state index contributed by atoms with van der Waals surface area (Å²) in [6.45, 7) is 2.00. The molecule has 0 saturated heterocycles. The van der Waals surface area contributed by atoms with Crippen molar-refractivity contribution in [3.63, 3.8) is 0 Å². The van der Waals surface area contributed by atoms with Gasteiger partial charge in [0.15, 0.2) is 5.78 Å². The predicted octanol–water partition coefficient (Wildman–Crippen LogP) is 2.26. The second kappa shape index (κ2) is 1.97. The van der Waals surface area contributed by atoms with Gasteiger partial charge in [-0.25, -0.2) is 0 Å². The molecule has 0 bridgehead atoms. The van der Waals surface area contributed by atoms with Gasteiger partial charge >= 0.3 is 0 Å². The molecule has 0 unspecified atom stereocenters. The lowest BCUT2D eigenvalue weighted by atomic mass is 9.99. The first-order valence-electron chi connectivity index (χ1n) is 3.79. The highest BCUT2D eigenvalue weighted by molar-refractivity contribution is 6.01. The molecule has 0 aliphatic heterocycles. The van der Waals surface area contributed by atoms with E-state index in [4.69, 9.17) is 4.42 Å². The first-order chi connectivity index (χ1) is 5.22. The highest BCUT2D eigenvalue weighted by Gasteiger charge is 2.45. The van der Waals surface area contributed by atoms with Gasteiger partial charge in [-0.3, -0.25) is 4.79 Å². The van der Waals surface area contributed by atoms with Crippen molar-refractivity contribution in [2.45, 2.75) is 19.8 Å². The maximum absolute atomic E-state index is 11.5. The van der Waals surface area contributed by atoms with Crippen molar-refractivity contribution in [1.29, 1.82) is 0 Å². The topological polar surface area (TPSA) is 30.2 Å². The number of carbonyl (C=O) groups is 1. The lowest BCUT2D eigenvalue weighted by Crippen LogP contribution is -2.10. The van der Waals surface area contributed by atoms with Crippen LogP contribution in [0.1, 0.15) is 30.1 Å². The summed E-state index contributed by atoms with van der Waals surface area (Å²) in [4.78, 5) is 11.5. The van der Waals surface area contributed by atoms with Gasteiger partial charge in [-0.2, -0.15) is 0 Å². The fraction of sp³-hybridized carbons (Fsp3) is 0.444. The molecule has 11 heavy (non-hydrogen) atoms. The van der Waals surface area contributed by atoms with E-state index in [-0.39, 0.29) is 11.2 Å². The third kappa shape index (κ3) is 0.985. The molecule has 1 saturated carbocycles. The van der Waals surface area contributed by atoms with E-state index < -0.39 is 0 Å².